The first-order valence-corrected chi connectivity index (χ1v) is 6.99. The van der Waals surface area contributed by atoms with Crippen LogP contribution in [0.1, 0.15) is 41.0 Å². The van der Waals surface area contributed by atoms with Crippen molar-refractivity contribution in [1.29, 1.82) is 0 Å². The third-order valence-corrected chi connectivity index (χ3v) is 3.07. The molecule has 1 aliphatic heterocycles. The molecule has 2 unspecified atom stereocenters. The molecule has 1 N–H and O–H groups in total. The Labute approximate surface area is 124 Å². The maximum absolute atomic E-state index is 12.3. The standard InChI is InChI=1S/C14H23NO6/c1-6-20-12(18)10-7-9(8(2)16)11(17)15(10)13(19)21-14(3,4)5/h8-10,16H,6-7H2,1-5H3/t8?,9?,10-/m0/s1. The molecule has 2 amide bonds. The molecule has 3 atom stereocenters. The van der Waals surface area contributed by atoms with Crippen LogP contribution < -0.4 is 0 Å². The molecule has 1 rings (SSSR count). The predicted molar refractivity (Wildman–Crippen MR) is 73.3 cm³/mol. The third-order valence-electron chi connectivity index (χ3n) is 3.07. The van der Waals surface area contributed by atoms with E-state index in [0.717, 1.165) is 4.90 Å². The van der Waals surface area contributed by atoms with Crippen LogP contribution in [0.15, 0.2) is 0 Å². The number of ether oxygens (including phenoxy) is 2. The van der Waals surface area contributed by atoms with Gasteiger partial charge < -0.3 is 14.6 Å². The van der Waals surface area contributed by atoms with Crippen molar-refractivity contribution in [3.05, 3.63) is 0 Å². The largest absolute Gasteiger partial charge is 0.464 e. The molecule has 7 heteroatoms. The Kier molecular flexibility index (Phi) is 5.33. The second-order valence-electron chi connectivity index (χ2n) is 6.04. The lowest BCUT2D eigenvalue weighted by molar-refractivity contribution is -0.151. The molecule has 21 heavy (non-hydrogen) atoms. The summed E-state index contributed by atoms with van der Waals surface area (Å²) in [5, 5.41) is 9.63. The number of likely N-dealkylation sites (tertiary alicyclic amines) is 1. The second-order valence-corrected chi connectivity index (χ2v) is 6.04. The highest BCUT2D eigenvalue weighted by Crippen LogP contribution is 2.30. The van der Waals surface area contributed by atoms with Gasteiger partial charge in [-0.05, 0) is 41.0 Å². The number of imide groups is 1. The monoisotopic (exact) mass is 301 g/mol. The predicted octanol–water partition coefficient (Wildman–Crippen LogP) is 1.08. The van der Waals surface area contributed by atoms with Crippen molar-refractivity contribution >= 4 is 18.0 Å². The maximum Gasteiger partial charge on any atom is 0.417 e. The average Bonchev–Trinajstić information content (AvgIpc) is 2.65. The number of rotatable bonds is 3. The van der Waals surface area contributed by atoms with Crippen LogP contribution in [-0.4, -0.2) is 52.3 Å². The number of hydrogen-bond acceptors (Lipinski definition) is 6. The van der Waals surface area contributed by atoms with Crippen LogP contribution in [0.3, 0.4) is 0 Å². The van der Waals surface area contributed by atoms with E-state index in [4.69, 9.17) is 9.47 Å². The number of esters is 1. The van der Waals surface area contributed by atoms with E-state index in [1.54, 1.807) is 27.7 Å². The molecule has 0 spiro atoms. The molecule has 120 valence electrons. The van der Waals surface area contributed by atoms with Gasteiger partial charge in [-0.15, -0.1) is 0 Å². The van der Waals surface area contributed by atoms with Crippen LogP contribution in [0, 0.1) is 5.92 Å². The zero-order valence-electron chi connectivity index (χ0n) is 13.1. The Hall–Kier alpha value is -1.63. The Morgan fingerprint density at radius 3 is 2.43 bits per heavy atom. The highest BCUT2D eigenvalue weighted by atomic mass is 16.6. The van der Waals surface area contributed by atoms with E-state index in [9.17, 15) is 19.5 Å². The summed E-state index contributed by atoms with van der Waals surface area (Å²) in [5.41, 5.74) is -0.792. The van der Waals surface area contributed by atoms with Crippen molar-refractivity contribution in [3.8, 4) is 0 Å². The minimum Gasteiger partial charge on any atom is -0.464 e. The van der Waals surface area contributed by atoms with Gasteiger partial charge in [0.15, 0.2) is 0 Å². The molecule has 0 saturated carbocycles. The van der Waals surface area contributed by atoms with E-state index in [-0.39, 0.29) is 13.0 Å². The molecular weight excluding hydrogens is 278 g/mol. The molecule has 7 nitrogen and oxygen atoms in total. The number of hydrogen-bond donors (Lipinski definition) is 1. The van der Waals surface area contributed by atoms with Crippen molar-refractivity contribution in [2.45, 2.75) is 58.8 Å². The van der Waals surface area contributed by atoms with E-state index in [1.165, 1.54) is 6.92 Å². The van der Waals surface area contributed by atoms with E-state index in [0.29, 0.717) is 0 Å². The Bertz CT molecular complexity index is 426. The van der Waals surface area contributed by atoms with Crippen LogP contribution in [-0.2, 0) is 19.1 Å². The zero-order valence-corrected chi connectivity index (χ0v) is 13.1. The number of carbonyl (C=O) groups excluding carboxylic acids is 3. The van der Waals surface area contributed by atoms with Crippen LogP contribution in [0.5, 0.6) is 0 Å². The van der Waals surface area contributed by atoms with Gasteiger partial charge in [0.2, 0.25) is 5.91 Å². The number of aliphatic hydroxyl groups excluding tert-OH is 1. The van der Waals surface area contributed by atoms with Gasteiger partial charge in [0.25, 0.3) is 0 Å². The molecule has 0 aromatic rings. The van der Waals surface area contributed by atoms with Gasteiger partial charge in [0, 0.05) is 0 Å². The third kappa shape index (κ3) is 4.17. The molecule has 0 bridgehead atoms. The van der Waals surface area contributed by atoms with Gasteiger partial charge in [-0.25, -0.2) is 14.5 Å². The fraction of sp³-hybridized carbons (Fsp3) is 0.786. The molecule has 0 radical (unpaired) electrons. The number of carbonyl (C=O) groups is 3. The van der Waals surface area contributed by atoms with Crippen LogP contribution in [0.4, 0.5) is 4.79 Å². The normalized spacial score (nSPS) is 23.9. The summed E-state index contributed by atoms with van der Waals surface area (Å²) in [6.45, 7) is 8.22. The first-order valence-electron chi connectivity index (χ1n) is 6.99. The number of nitrogens with zero attached hydrogens (tertiary/aromatic N) is 1. The van der Waals surface area contributed by atoms with Crippen molar-refractivity contribution in [3.63, 3.8) is 0 Å². The zero-order chi connectivity index (χ0) is 16.4. The van der Waals surface area contributed by atoms with Crippen LogP contribution >= 0.6 is 0 Å². The summed E-state index contributed by atoms with van der Waals surface area (Å²) < 4.78 is 10.0. The molecule has 1 aliphatic rings. The average molecular weight is 301 g/mol. The second kappa shape index (κ2) is 6.43. The summed E-state index contributed by atoms with van der Waals surface area (Å²) in [7, 11) is 0. The van der Waals surface area contributed by atoms with Gasteiger partial charge in [0.05, 0.1) is 18.6 Å². The molecule has 0 aliphatic carbocycles. The number of aliphatic hydroxyl groups is 1. The summed E-state index contributed by atoms with van der Waals surface area (Å²) >= 11 is 0. The lowest BCUT2D eigenvalue weighted by Crippen LogP contribution is -2.46. The smallest absolute Gasteiger partial charge is 0.417 e. The number of amides is 2. The Morgan fingerprint density at radius 1 is 1.43 bits per heavy atom. The maximum atomic E-state index is 12.3. The lowest BCUT2D eigenvalue weighted by Gasteiger charge is -2.26. The molecular formula is C14H23NO6. The van der Waals surface area contributed by atoms with Crippen molar-refractivity contribution < 1.29 is 29.0 Å². The molecule has 1 heterocycles. The quantitative estimate of drug-likeness (QED) is 0.784. The molecule has 0 aromatic heterocycles. The van der Waals surface area contributed by atoms with Gasteiger partial charge in [0.1, 0.15) is 11.6 Å². The SMILES string of the molecule is CCOC(=O)[C@@H]1CC(C(C)O)C(=O)N1C(=O)OC(C)(C)C. The first kappa shape index (κ1) is 17.4. The van der Waals surface area contributed by atoms with E-state index < -0.39 is 41.6 Å². The molecule has 0 aromatic carbocycles. The Morgan fingerprint density at radius 2 is 2.00 bits per heavy atom. The van der Waals surface area contributed by atoms with Crippen molar-refractivity contribution in [1.82, 2.24) is 4.90 Å². The van der Waals surface area contributed by atoms with Crippen LogP contribution in [0.2, 0.25) is 0 Å². The van der Waals surface area contributed by atoms with Crippen molar-refractivity contribution in [2.75, 3.05) is 6.61 Å². The van der Waals surface area contributed by atoms with Gasteiger partial charge in [-0.3, -0.25) is 4.79 Å². The Balaban J connectivity index is 3.01. The van der Waals surface area contributed by atoms with Gasteiger partial charge in [-0.2, -0.15) is 0 Å². The topological polar surface area (TPSA) is 93.1 Å². The minimum absolute atomic E-state index is 0.0363. The van der Waals surface area contributed by atoms with Crippen LogP contribution in [0.25, 0.3) is 0 Å². The first-order chi connectivity index (χ1) is 9.58. The highest BCUT2D eigenvalue weighted by Gasteiger charge is 2.50. The molecule has 1 saturated heterocycles. The fourth-order valence-corrected chi connectivity index (χ4v) is 2.15. The van der Waals surface area contributed by atoms with Gasteiger partial charge in [-0.1, -0.05) is 0 Å². The summed E-state index contributed by atoms with van der Waals surface area (Å²) in [6.07, 6.45) is -1.82. The lowest BCUT2D eigenvalue weighted by atomic mass is 10.00. The van der Waals surface area contributed by atoms with E-state index in [2.05, 4.69) is 0 Å². The van der Waals surface area contributed by atoms with Gasteiger partial charge >= 0.3 is 12.1 Å². The highest BCUT2D eigenvalue weighted by molar-refractivity contribution is 6.01. The fourth-order valence-electron chi connectivity index (χ4n) is 2.15. The summed E-state index contributed by atoms with van der Waals surface area (Å²) in [5.74, 6) is -2.09. The van der Waals surface area contributed by atoms with Crippen molar-refractivity contribution in [2.24, 2.45) is 5.92 Å². The minimum atomic E-state index is -1.05. The van der Waals surface area contributed by atoms with E-state index in [1.807, 2.05) is 0 Å². The summed E-state index contributed by atoms with van der Waals surface area (Å²) in [4.78, 5) is 37.1. The summed E-state index contributed by atoms with van der Waals surface area (Å²) in [6, 6.07) is -1.05. The molecule has 1 fully saturated rings. The van der Waals surface area contributed by atoms with E-state index >= 15 is 0 Å².